The number of ether oxygens (including phenoxy) is 7. The molecule has 0 N–H and O–H groups in total. The van der Waals surface area contributed by atoms with Crippen molar-refractivity contribution in [2.75, 3.05) is 6.61 Å². The number of para-hydroxylation sites is 1. The molecule has 7 unspecified atom stereocenters. The number of alkyl halides is 3. The van der Waals surface area contributed by atoms with E-state index in [0.29, 0.717) is 6.42 Å². The molecule has 0 amide bonds. The first kappa shape index (κ1) is 41.9. The van der Waals surface area contributed by atoms with Crippen molar-refractivity contribution in [1.82, 2.24) is 0 Å². The number of halogens is 3. The van der Waals surface area contributed by atoms with Crippen molar-refractivity contribution in [2.24, 2.45) is 21.9 Å². The van der Waals surface area contributed by atoms with Gasteiger partial charge in [0, 0.05) is 13.8 Å². The normalized spacial score (nSPS) is 30.3. The fourth-order valence-corrected chi connectivity index (χ4v) is 7.35. The second kappa shape index (κ2) is 19.3. The molecular weight excluding hydrogens is 702 g/mol. The molecule has 0 spiro atoms. The van der Waals surface area contributed by atoms with E-state index >= 15 is 0 Å². The molecule has 12 atom stereocenters. The van der Waals surface area contributed by atoms with Crippen molar-refractivity contribution >= 4 is 51.9 Å². The number of carbonyl (C=O) groups is 3. The average Bonchev–Trinajstić information content (AvgIpc) is 3.06. The van der Waals surface area contributed by atoms with E-state index in [9.17, 15) is 37.8 Å². The first-order valence-electron chi connectivity index (χ1n) is 16.1. The molecule has 2 saturated heterocycles. The molecule has 0 aromatic heterocycles. The second-order valence-corrected chi connectivity index (χ2v) is 13.5. The summed E-state index contributed by atoms with van der Waals surface area (Å²) >= 11 is 0. The van der Waals surface area contributed by atoms with Gasteiger partial charge in [0.2, 0.25) is 0 Å². The van der Waals surface area contributed by atoms with Gasteiger partial charge in [-0.25, -0.2) is 0 Å². The Labute approximate surface area is 295 Å². The van der Waals surface area contributed by atoms with E-state index in [1.807, 2.05) is 13.8 Å². The predicted molar refractivity (Wildman–Crippen MR) is 178 cm³/mol. The second-order valence-electron chi connectivity index (χ2n) is 12.0. The van der Waals surface area contributed by atoms with Crippen molar-refractivity contribution in [3.63, 3.8) is 0 Å². The maximum absolute atomic E-state index is 14.5. The van der Waals surface area contributed by atoms with Crippen molar-refractivity contribution in [1.29, 1.82) is 0 Å². The van der Waals surface area contributed by atoms with E-state index in [-0.39, 0.29) is 27.0 Å². The number of esters is 3. The van der Waals surface area contributed by atoms with Crippen LogP contribution in [-0.2, 0) is 52.2 Å². The molecule has 2 aliphatic heterocycles. The quantitative estimate of drug-likeness (QED) is 0.0304. The summed E-state index contributed by atoms with van der Waals surface area (Å²) in [6.07, 6.45) is -14.5. The van der Waals surface area contributed by atoms with Gasteiger partial charge in [0.1, 0.15) is 0 Å². The third-order valence-electron chi connectivity index (χ3n) is 8.24. The summed E-state index contributed by atoms with van der Waals surface area (Å²) < 4.78 is 95.1. The van der Waals surface area contributed by atoms with Gasteiger partial charge in [-0.2, -0.15) is 0 Å². The van der Waals surface area contributed by atoms with Crippen LogP contribution >= 0.6 is 8.46 Å². The number of rotatable bonds is 14. The predicted octanol–water partition coefficient (Wildman–Crippen LogP) is 4.28. The molecule has 1 aromatic rings. The monoisotopic (exact) mass is 742 g/mol. The van der Waals surface area contributed by atoms with Crippen LogP contribution in [0.4, 0.5) is 18.9 Å². The summed E-state index contributed by atoms with van der Waals surface area (Å²) in [6, 6.07) is 5.72. The average molecular weight is 742 g/mol. The fourth-order valence-electron chi connectivity index (χ4n) is 5.78. The Hall–Kier alpha value is -3.56. The minimum atomic E-state index is -5.09. The Morgan fingerprint density at radius 2 is 1.67 bits per heavy atom. The van der Waals surface area contributed by atoms with Crippen molar-refractivity contribution in [3.8, 4) is 0 Å². The van der Waals surface area contributed by atoms with Crippen LogP contribution in [0.5, 0.6) is 0 Å². The third-order valence-corrected chi connectivity index (χ3v) is 9.97. The zero-order chi connectivity index (χ0) is 37.9. The molecule has 278 valence electrons. The number of carbonyl (C=O) groups excluding carboxylic acids is 3. The van der Waals surface area contributed by atoms with Crippen LogP contribution in [0.25, 0.3) is 10.4 Å². The zero-order valence-electron chi connectivity index (χ0n) is 28.8. The Morgan fingerprint density at radius 1 is 1.02 bits per heavy atom. The topological polar surface area (TPSA) is 194 Å². The van der Waals surface area contributed by atoms with Crippen LogP contribution in [0.1, 0.15) is 48.0 Å². The number of hydrogen-bond donors (Lipinski definition) is 0. The molecule has 51 heavy (non-hydrogen) atoms. The number of nitrogens with zero attached hydrogens (tertiary/aromatic N) is 4. The fraction of sp³-hybridized carbons (Fsp3) is 0.667. The summed E-state index contributed by atoms with van der Waals surface area (Å²) in [5.74, 6) is -4.98. The van der Waals surface area contributed by atoms with Gasteiger partial charge in [0.15, 0.2) is 0 Å². The van der Waals surface area contributed by atoms with Crippen LogP contribution in [0.3, 0.4) is 0 Å². The molecule has 0 saturated carbocycles. The van der Waals surface area contributed by atoms with Gasteiger partial charge in [-0.05, 0) is 0 Å². The van der Waals surface area contributed by atoms with E-state index in [1.54, 1.807) is 13.0 Å². The van der Waals surface area contributed by atoms with Gasteiger partial charge in [-0.15, -0.1) is 0 Å². The summed E-state index contributed by atoms with van der Waals surface area (Å²) in [7, 11) is 0.699. The molecule has 0 radical (unpaired) electrons. The van der Waals surface area contributed by atoms with E-state index in [1.165, 1.54) is 24.3 Å². The van der Waals surface area contributed by atoms with Gasteiger partial charge in [-0.3, -0.25) is 9.59 Å². The molecule has 1 aromatic carbocycles. The number of azide groups is 1. The Kier molecular flexibility index (Phi) is 15.9. The van der Waals surface area contributed by atoms with E-state index in [2.05, 4.69) is 15.0 Å². The summed E-state index contributed by atoms with van der Waals surface area (Å²) in [6.45, 7) is 8.23. The number of aliphatic imine (C=N–C) groups is 1. The van der Waals surface area contributed by atoms with Gasteiger partial charge >= 0.3 is 266 Å². The molecule has 0 aliphatic carbocycles. The van der Waals surface area contributed by atoms with Crippen molar-refractivity contribution in [3.05, 3.63) is 40.8 Å². The molecule has 2 heterocycles. The van der Waals surface area contributed by atoms with Crippen LogP contribution in [0, 0.1) is 11.8 Å². The van der Waals surface area contributed by atoms with Crippen LogP contribution in [0.2, 0.25) is 0 Å². The van der Waals surface area contributed by atoms with Gasteiger partial charge in [-0.1, -0.05) is 6.07 Å². The van der Waals surface area contributed by atoms with Gasteiger partial charge < -0.3 is 0 Å². The molecule has 2 aliphatic rings. The zero-order valence-corrected chi connectivity index (χ0v) is 29.8. The minimum absolute atomic E-state index is 0.0287. The number of benzene rings is 1. The molecule has 2 fully saturated rings. The third kappa shape index (κ3) is 11.7. The summed E-state index contributed by atoms with van der Waals surface area (Å²) in [4.78, 5) is 42.6. The summed E-state index contributed by atoms with van der Waals surface area (Å²) in [5.41, 5.74) is 9.05. The van der Waals surface area contributed by atoms with E-state index in [0.717, 1.165) is 27.8 Å². The van der Waals surface area contributed by atoms with Crippen LogP contribution in [-0.4, -0.2) is 105 Å². The van der Waals surface area contributed by atoms with E-state index < -0.39 is 97.3 Å². The van der Waals surface area contributed by atoms with E-state index in [4.69, 9.17) is 33.2 Å². The molecule has 21 heteroatoms. The van der Waals surface area contributed by atoms with Crippen molar-refractivity contribution < 1.29 is 65.4 Å². The molecule has 0 bridgehead atoms. The van der Waals surface area contributed by atoms with Crippen LogP contribution in [0.15, 0.2) is 40.4 Å². The summed E-state index contributed by atoms with van der Waals surface area (Å²) in [5, 5.41) is 3.71. The Morgan fingerprint density at radius 3 is 2.22 bits per heavy atom. The Balaban J connectivity index is 2.17. The Bertz CT molecular complexity index is 1440. The van der Waals surface area contributed by atoms with Crippen molar-refractivity contribution in [2.45, 2.75) is 109 Å². The first-order chi connectivity index (χ1) is 24.1. The van der Waals surface area contributed by atoms with Gasteiger partial charge in [0.05, 0.1) is 0 Å². The number of hydrogen-bond acceptors (Lipinski definition) is 13. The molecule has 3 rings (SSSR count). The molecular formula is C30H40B2F3N4O11P. The first-order valence-corrected chi connectivity index (χ1v) is 17.4. The standard InChI is InChI=1S/C30H40B2F3N4O11P/c1-7-14(2)22-26(51-32-31-43)15(3)23(28(48-22)50-29(30(33,34)35)37-19-11-9-8-10-12-19)49-27-21(38-39-36)25(46-18(6)42)24(45-17(5)41)20(47-27)13-44-16(4)40/h8-12,14-15,20-28,32,51H,7,13H2,1-6H3/b37-29+/t14-,15+,20?,21?,22?,23?,24+,25?,26-,27+,28?/m0/s1. The molecule has 15 nitrogen and oxygen atoms in total. The van der Waals surface area contributed by atoms with Gasteiger partial charge in [0.25, 0.3) is 0 Å². The SMILES string of the molecule is CC[C@H](C)C1OC(O/C(=N/c2ccccc2)C(F)(F)F)C(O[C@H]2OC(COC(C)=O)[C@@H](OC(C)=O)C(OC(C)=O)C2N=[N+]=[N-])[C@@H](C)[C@@H]1PBB=O. The van der Waals surface area contributed by atoms with Crippen LogP contribution < -0.4 is 0 Å². The maximum atomic E-state index is 14.5.